The number of unbranched alkanes of at least 4 members (excludes halogenated alkanes) is 4. The summed E-state index contributed by atoms with van der Waals surface area (Å²) in [5.41, 5.74) is 0. The van der Waals surface area contributed by atoms with Crippen LogP contribution in [0.25, 0.3) is 0 Å². The lowest BCUT2D eigenvalue weighted by Crippen LogP contribution is -2.30. The van der Waals surface area contributed by atoms with Crippen LogP contribution in [0.1, 0.15) is 90.8 Å². The van der Waals surface area contributed by atoms with Crippen molar-refractivity contribution in [1.82, 2.24) is 0 Å². The Morgan fingerprint density at radius 2 is 1.85 bits per heavy atom. The molecule has 1 aliphatic rings. The smallest absolute Gasteiger partial charge is 0.305 e. The summed E-state index contributed by atoms with van der Waals surface area (Å²) >= 11 is 0. The van der Waals surface area contributed by atoms with Crippen molar-refractivity contribution in [3.8, 4) is 0 Å². The number of rotatable bonds is 14. The molecule has 0 amide bonds. The second-order valence-corrected chi connectivity index (χ2v) is 6.80. The lowest BCUT2D eigenvalue weighted by Gasteiger charge is -2.22. The average Bonchev–Trinajstić information content (AvgIpc) is 2.77. The van der Waals surface area contributed by atoms with Crippen LogP contribution < -0.4 is 0 Å². The van der Waals surface area contributed by atoms with Crippen molar-refractivity contribution < 1.29 is 40.2 Å². The average molecular weight is 395 g/mol. The Morgan fingerprint density at radius 3 is 2.48 bits per heavy atom. The predicted molar refractivity (Wildman–Crippen MR) is 96.7 cm³/mol. The normalized spacial score (nSPS) is 35.7. The van der Waals surface area contributed by atoms with E-state index in [1.807, 2.05) is 0 Å². The molecule has 27 heavy (non-hydrogen) atoms. The van der Waals surface area contributed by atoms with Gasteiger partial charge in [-0.3, -0.25) is 14.4 Å². The summed E-state index contributed by atoms with van der Waals surface area (Å²) in [7, 11) is 0. The zero-order valence-electron chi connectivity index (χ0n) is 20.7. The van der Waals surface area contributed by atoms with Gasteiger partial charge < -0.3 is 10.2 Å². The lowest BCUT2D eigenvalue weighted by molar-refractivity contribution is -0.144. The number of Topliss-reactive ketones (excluding diaryl/α,β-unsaturated/α-hetero) is 2. The summed E-state index contributed by atoms with van der Waals surface area (Å²) in [4.78, 5) is 35.3. The Hall–Kier alpha value is -1.37. The van der Waals surface area contributed by atoms with Crippen molar-refractivity contribution in [2.24, 2.45) is 11.8 Å². The molecule has 7 heteroatoms. The topological polar surface area (TPSA) is 91.7 Å². The van der Waals surface area contributed by atoms with Gasteiger partial charge in [0.1, 0.15) is 5.78 Å². The van der Waals surface area contributed by atoms with Crippen molar-refractivity contribution in [1.29, 1.82) is 0 Å². The van der Waals surface area contributed by atoms with Gasteiger partial charge in [0.05, 0.1) is 7.45 Å². The van der Waals surface area contributed by atoms with Crippen LogP contribution in [0, 0.1) is 11.8 Å². The van der Waals surface area contributed by atoms with Gasteiger partial charge in [0.25, 0.3) is 0 Å². The van der Waals surface area contributed by atoms with Crippen LogP contribution in [0.4, 0.5) is 8.78 Å². The van der Waals surface area contributed by atoms with Crippen molar-refractivity contribution >= 4 is 17.5 Å². The van der Waals surface area contributed by atoms with Crippen LogP contribution >= 0.6 is 0 Å². The molecule has 0 heterocycles. The third-order valence-electron chi connectivity index (χ3n) is 4.58. The Bertz CT molecular complexity index is 718. The number of carbonyl (C=O) groups excluding carboxylic acids is 2. The molecule has 2 N–H and O–H groups in total. The van der Waals surface area contributed by atoms with Gasteiger partial charge in [0.2, 0.25) is 5.78 Å². The van der Waals surface area contributed by atoms with E-state index in [0.717, 1.165) is 0 Å². The van der Waals surface area contributed by atoms with Gasteiger partial charge in [-0.25, -0.2) is 0 Å². The fourth-order valence-corrected chi connectivity index (χ4v) is 2.96. The number of halogens is 2. The maximum atomic E-state index is 14.0. The standard InChI is InChI=1S/C20H32F2O5/c1-2-3-12-20(21,22)18(25)11-10-15-14(16(23)13-17(15)24)8-6-4-5-7-9-19(26)27/h14-15,17,24H,2-13H2,1H3,(H,26,27)/t14-,15-,17-/m1/s1/i13D2,14D,15D,17D. The summed E-state index contributed by atoms with van der Waals surface area (Å²) in [6, 6.07) is 0. The Kier molecular flexibility index (Phi) is 7.04. The third kappa shape index (κ3) is 8.03. The first-order valence-electron chi connectivity index (χ1n) is 11.9. The molecule has 3 atom stereocenters. The first-order valence-corrected chi connectivity index (χ1v) is 9.41. The molecule has 0 radical (unpaired) electrons. The molecule has 1 aliphatic carbocycles. The first-order chi connectivity index (χ1) is 14.5. The van der Waals surface area contributed by atoms with E-state index in [0.29, 0.717) is 25.7 Å². The monoisotopic (exact) mass is 395 g/mol. The highest BCUT2D eigenvalue weighted by molar-refractivity contribution is 5.86. The van der Waals surface area contributed by atoms with Gasteiger partial charge in [-0.1, -0.05) is 32.6 Å². The highest BCUT2D eigenvalue weighted by Gasteiger charge is 2.43. The predicted octanol–water partition coefficient (Wildman–Crippen LogP) is 4.15. The highest BCUT2D eigenvalue weighted by Crippen LogP contribution is 2.37. The van der Waals surface area contributed by atoms with Crippen LogP contribution in [-0.2, 0) is 14.4 Å². The van der Waals surface area contributed by atoms with E-state index < -0.39 is 73.4 Å². The first kappa shape index (κ1) is 16.6. The molecule has 0 spiro atoms. The minimum Gasteiger partial charge on any atom is -0.481 e. The molecule has 1 fully saturated rings. The quantitative estimate of drug-likeness (QED) is 0.431. The largest absolute Gasteiger partial charge is 0.481 e. The van der Waals surface area contributed by atoms with Crippen LogP contribution in [-0.4, -0.2) is 39.8 Å². The van der Waals surface area contributed by atoms with E-state index in [2.05, 4.69) is 0 Å². The summed E-state index contributed by atoms with van der Waals surface area (Å²) < 4.78 is 68.9. The second kappa shape index (κ2) is 11.5. The second-order valence-electron chi connectivity index (χ2n) is 6.80. The maximum Gasteiger partial charge on any atom is 0.305 e. The number of aliphatic carboxylic acids is 1. The molecule has 0 aromatic rings. The number of ketones is 2. The minimum absolute atomic E-state index is 0.0727. The van der Waals surface area contributed by atoms with E-state index in [9.17, 15) is 28.3 Å². The van der Waals surface area contributed by atoms with E-state index in [-0.39, 0.29) is 19.3 Å². The van der Waals surface area contributed by atoms with Gasteiger partial charge in [-0.05, 0) is 31.6 Å². The fourth-order valence-electron chi connectivity index (χ4n) is 2.96. The van der Waals surface area contributed by atoms with Crippen molar-refractivity contribution in [2.75, 3.05) is 0 Å². The van der Waals surface area contributed by atoms with Crippen molar-refractivity contribution in [3.05, 3.63) is 0 Å². The summed E-state index contributed by atoms with van der Waals surface area (Å²) in [5, 5.41) is 19.1. The van der Waals surface area contributed by atoms with Gasteiger partial charge in [0, 0.05) is 37.0 Å². The molecule has 156 valence electrons. The van der Waals surface area contributed by atoms with E-state index >= 15 is 0 Å². The summed E-state index contributed by atoms with van der Waals surface area (Å²) in [5.74, 6) is -13.2. The van der Waals surface area contributed by atoms with Gasteiger partial charge >= 0.3 is 11.9 Å². The van der Waals surface area contributed by atoms with Crippen molar-refractivity contribution in [3.63, 3.8) is 0 Å². The molecule has 5 nitrogen and oxygen atoms in total. The van der Waals surface area contributed by atoms with Crippen LogP contribution in [0.15, 0.2) is 0 Å². The number of alkyl halides is 2. The molecular weight excluding hydrogens is 358 g/mol. The zero-order chi connectivity index (χ0) is 25.0. The molecule has 0 aliphatic heterocycles. The van der Waals surface area contributed by atoms with E-state index in [1.165, 1.54) is 0 Å². The molecular formula is C20H32F2O5. The molecule has 1 saturated carbocycles. The Balaban J connectivity index is 3.04. The number of carboxylic acid groups (broad SMARTS) is 1. The van der Waals surface area contributed by atoms with Gasteiger partial charge in [-0.2, -0.15) is 8.78 Å². The fraction of sp³-hybridized carbons (Fsp3) is 0.850. The zero-order valence-corrected chi connectivity index (χ0v) is 15.7. The minimum atomic E-state index is -3.69. The van der Waals surface area contributed by atoms with E-state index in [1.54, 1.807) is 6.92 Å². The molecule has 0 bridgehead atoms. The Morgan fingerprint density at radius 1 is 1.19 bits per heavy atom. The number of carbonyl (C=O) groups is 3. The lowest BCUT2D eigenvalue weighted by atomic mass is 9.85. The molecule has 0 aromatic heterocycles. The molecule has 1 rings (SSSR count). The maximum absolute atomic E-state index is 14.0. The number of aliphatic hydroxyl groups is 1. The summed E-state index contributed by atoms with van der Waals surface area (Å²) in [6.45, 7) is 1.67. The highest BCUT2D eigenvalue weighted by atomic mass is 19.3. The molecule has 0 saturated heterocycles. The Labute approximate surface area is 166 Å². The third-order valence-corrected chi connectivity index (χ3v) is 4.58. The van der Waals surface area contributed by atoms with Gasteiger partial charge in [0.15, 0.2) is 0 Å². The number of carboxylic acids is 1. The summed E-state index contributed by atoms with van der Waals surface area (Å²) in [6.07, 6.45) is -8.12. The SMILES string of the molecule is [2H]C1([2H])C(=O)[C@]([2H])(CCCCCCC(=O)O)[C@@]([2H])(CCC(=O)C(F)(F)CCCC)[C@]1([2H])O. The molecule has 0 unspecified atom stereocenters. The van der Waals surface area contributed by atoms with Crippen LogP contribution in [0.2, 0.25) is 0 Å². The van der Waals surface area contributed by atoms with Crippen LogP contribution in [0.5, 0.6) is 0 Å². The van der Waals surface area contributed by atoms with Crippen LogP contribution in [0.3, 0.4) is 0 Å². The molecule has 0 aromatic carbocycles. The number of hydrogen-bond donors (Lipinski definition) is 2. The van der Waals surface area contributed by atoms with Crippen molar-refractivity contribution in [2.45, 2.75) is 95.9 Å². The van der Waals surface area contributed by atoms with Gasteiger partial charge in [-0.15, -0.1) is 0 Å². The number of hydrogen-bond acceptors (Lipinski definition) is 4. The van der Waals surface area contributed by atoms with E-state index in [4.69, 9.17) is 12.0 Å².